The molecule has 0 aliphatic heterocycles. The van der Waals surface area contributed by atoms with Crippen molar-refractivity contribution in [2.24, 2.45) is 10.9 Å². The quantitative estimate of drug-likeness (QED) is 0.408. The number of hydrogen-bond acceptors (Lipinski definition) is 2. The molecule has 0 amide bonds. The van der Waals surface area contributed by atoms with Crippen molar-refractivity contribution < 1.29 is 4.74 Å². The molecule has 0 rings (SSSR count). The molecule has 4 heteroatoms. The van der Waals surface area contributed by atoms with E-state index >= 15 is 0 Å². The fraction of sp³-hybridized carbons (Fsp3) is 0.923. The molecular formula is C13H29N3O. The Labute approximate surface area is 106 Å². The summed E-state index contributed by atoms with van der Waals surface area (Å²) in [6.45, 7) is 10.3. The van der Waals surface area contributed by atoms with Crippen LogP contribution in [0.4, 0.5) is 0 Å². The molecule has 2 N–H and O–H groups in total. The molecule has 0 aromatic heterocycles. The Bertz CT molecular complexity index is 225. The third-order valence-electron chi connectivity index (χ3n) is 2.71. The van der Waals surface area contributed by atoms with Crippen LogP contribution >= 0.6 is 0 Å². The summed E-state index contributed by atoms with van der Waals surface area (Å²) in [5.41, 5.74) is -0.171. The Balaban J connectivity index is 3.79. The maximum absolute atomic E-state index is 5.34. The maximum atomic E-state index is 5.34. The highest BCUT2D eigenvalue weighted by Gasteiger charge is 2.16. The summed E-state index contributed by atoms with van der Waals surface area (Å²) in [5, 5.41) is 6.57. The highest BCUT2D eigenvalue weighted by atomic mass is 16.5. The molecular weight excluding hydrogens is 214 g/mol. The van der Waals surface area contributed by atoms with Gasteiger partial charge >= 0.3 is 0 Å². The van der Waals surface area contributed by atoms with Gasteiger partial charge in [-0.15, -0.1) is 0 Å². The van der Waals surface area contributed by atoms with Gasteiger partial charge in [-0.25, -0.2) is 0 Å². The van der Waals surface area contributed by atoms with Crippen LogP contribution in [-0.4, -0.2) is 38.8 Å². The monoisotopic (exact) mass is 243 g/mol. The van der Waals surface area contributed by atoms with Gasteiger partial charge in [0.25, 0.3) is 0 Å². The van der Waals surface area contributed by atoms with E-state index in [0.29, 0.717) is 0 Å². The number of ether oxygens (including phenoxy) is 1. The summed E-state index contributed by atoms with van der Waals surface area (Å²) in [6.07, 6.45) is 2.42. The topological polar surface area (TPSA) is 45.7 Å². The summed E-state index contributed by atoms with van der Waals surface area (Å²) in [7, 11) is 3.51. The molecule has 0 heterocycles. The number of methoxy groups -OCH3 is 1. The second-order valence-corrected chi connectivity index (χ2v) is 5.35. The first-order chi connectivity index (χ1) is 7.91. The van der Waals surface area contributed by atoms with Crippen molar-refractivity contribution in [1.29, 1.82) is 0 Å². The first-order valence-electron chi connectivity index (χ1n) is 6.41. The lowest BCUT2D eigenvalue weighted by atomic mass is 10.1. The Morgan fingerprint density at radius 2 is 1.94 bits per heavy atom. The van der Waals surface area contributed by atoms with Gasteiger partial charge in [0.15, 0.2) is 5.96 Å². The molecule has 0 bridgehead atoms. The first kappa shape index (κ1) is 16.2. The molecule has 0 radical (unpaired) electrons. The average Bonchev–Trinajstić information content (AvgIpc) is 2.28. The number of guanidine groups is 1. The van der Waals surface area contributed by atoms with Crippen molar-refractivity contribution in [2.45, 2.75) is 46.1 Å². The van der Waals surface area contributed by atoms with Crippen LogP contribution in [0, 0.1) is 5.92 Å². The van der Waals surface area contributed by atoms with E-state index in [1.165, 1.54) is 12.8 Å². The molecule has 0 spiro atoms. The zero-order valence-corrected chi connectivity index (χ0v) is 12.3. The van der Waals surface area contributed by atoms with Crippen molar-refractivity contribution in [3.05, 3.63) is 0 Å². The molecule has 0 fully saturated rings. The lowest BCUT2D eigenvalue weighted by Crippen LogP contribution is -2.45. The van der Waals surface area contributed by atoms with Crippen molar-refractivity contribution in [2.75, 3.05) is 27.2 Å². The van der Waals surface area contributed by atoms with Crippen LogP contribution in [0.1, 0.15) is 40.5 Å². The molecule has 0 aromatic rings. The fourth-order valence-electron chi connectivity index (χ4n) is 1.31. The molecule has 0 aliphatic rings. The van der Waals surface area contributed by atoms with Gasteiger partial charge < -0.3 is 15.4 Å². The van der Waals surface area contributed by atoms with Crippen LogP contribution in [-0.2, 0) is 4.74 Å². The lowest BCUT2D eigenvalue weighted by Gasteiger charge is -2.24. The van der Waals surface area contributed by atoms with E-state index in [1.54, 1.807) is 14.2 Å². The predicted molar refractivity (Wildman–Crippen MR) is 74.5 cm³/mol. The summed E-state index contributed by atoms with van der Waals surface area (Å²) < 4.78 is 5.34. The van der Waals surface area contributed by atoms with Gasteiger partial charge in [-0.05, 0) is 32.6 Å². The minimum Gasteiger partial charge on any atom is -0.377 e. The first-order valence-corrected chi connectivity index (χ1v) is 6.41. The number of hydrogen-bond donors (Lipinski definition) is 2. The van der Waals surface area contributed by atoms with Crippen LogP contribution in [0.3, 0.4) is 0 Å². The van der Waals surface area contributed by atoms with E-state index in [9.17, 15) is 0 Å². The Morgan fingerprint density at radius 3 is 2.41 bits per heavy atom. The molecule has 0 aliphatic carbocycles. The highest BCUT2D eigenvalue weighted by molar-refractivity contribution is 5.79. The molecule has 0 unspecified atom stereocenters. The van der Waals surface area contributed by atoms with E-state index in [2.05, 4.69) is 29.5 Å². The second-order valence-electron chi connectivity index (χ2n) is 5.35. The van der Waals surface area contributed by atoms with Gasteiger partial charge in [0.2, 0.25) is 0 Å². The Kier molecular flexibility index (Phi) is 7.96. The largest absolute Gasteiger partial charge is 0.377 e. The number of nitrogens with zero attached hydrogens (tertiary/aromatic N) is 1. The van der Waals surface area contributed by atoms with Gasteiger partial charge in [0, 0.05) is 27.2 Å². The minimum atomic E-state index is -0.171. The van der Waals surface area contributed by atoms with E-state index in [-0.39, 0.29) is 5.60 Å². The Morgan fingerprint density at radius 1 is 1.29 bits per heavy atom. The summed E-state index contributed by atoms with van der Waals surface area (Å²) >= 11 is 0. The standard InChI is InChI=1S/C13H29N3O/c1-11(2)8-7-9-15-12(14-5)16-10-13(3,4)17-6/h11H,7-10H2,1-6H3,(H2,14,15,16). The summed E-state index contributed by atoms with van der Waals surface area (Å²) in [6, 6.07) is 0. The molecule has 0 saturated heterocycles. The fourth-order valence-corrected chi connectivity index (χ4v) is 1.31. The summed E-state index contributed by atoms with van der Waals surface area (Å²) in [4.78, 5) is 4.18. The third kappa shape index (κ3) is 8.98. The normalized spacial score (nSPS) is 13.0. The van der Waals surface area contributed by atoms with Gasteiger partial charge in [-0.2, -0.15) is 0 Å². The van der Waals surface area contributed by atoms with Crippen molar-refractivity contribution in [1.82, 2.24) is 10.6 Å². The maximum Gasteiger partial charge on any atom is 0.191 e. The van der Waals surface area contributed by atoms with Crippen LogP contribution in [0.25, 0.3) is 0 Å². The van der Waals surface area contributed by atoms with E-state index in [0.717, 1.165) is 25.0 Å². The Hall–Kier alpha value is -0.770. The van der Waals surface area contributed by atoms with Crippen LogP contribution in [0.15, 0.2) is 4.99 Å². The smallest absolute Gasteiger partial charge is 0.191 e. The van der Waals surface area contributed by atoms with Crippen molar-refractivity contribution in [3.8, 4) is 0 Å². The lowest BCUT2D eigenvalue weighted by molar-refractivity contribution is 0.0268. The SMILES string of the molecule is CN=C(NCCCC(C)C)NCC(C)(C)OC. The van der Waals surface area contributed by atoms with E-state index < -0.39 is 0 Å². The molecule has 4 nitrogen and oxygen atoms in total. The second kappa shape index (κ2) is 8.34. The highest BCUT2D eigenvalue weighted by Crippen LogP contribution is 2.04. The zero-order chi connectivity index (χ0) is 13.3. The average molecular weight is 243 g/mol. The number of aliphatic imine (C=N–C) groups is 1. The van der Waals surface area contributed by atoms with Crippen LogP contribution in [0.2, 0.25) is 0 Å². The van der Waals surface area contributed by atoms with Crippen LogP contribution in [0.5, 0.6) is 0 Å². The zero-order valence-electron chi connectivity index (χ0n) is 12.3. The molecule has 17 heavy (non-hydrogen) atoms. The minimum absolute atomic E-state index is 0.171. The number of rotatable bonds is 7. The van der Waals surface area contributed by atoms with Gasteiger partial charge in [0.1, 0.15) is 0 Å². The van der Waals surface area contributed by atoms with Gasteiger partial charge in [-0.3, -0.25) is 4.99 Å². The van der Waals surface area contributed by atoms with E-state index in [1.807, 2.05) is 13.8 Å². The van der Waals surface area contributed by atoms with E-state index in [4.69, 9.17) is 4.74 Å². The molecule has 102 valence electrons. The number of nitrogens with one attached hydrogen (secondary N) is 2. The van der Waals surface area contributed by atoms with Crippen molar-refractivity contribution in [3.63, 3.8) is 0 Å². The van der Waals surface area contributed by atoms with Gasteiger partial charge in [-0.1, -0.05) is 13.8 Å². The molecule has 0 saturated carbocycles. The summed E-state index contributed by atoms with van der Waals surface area (Å²) in [5.74, 6) is 1.61. The molecule has 0 atom stereocenters. The van der Waals surface area contributed by atoms with Crippen molar-refractivity contribution >= 4 is 5.96 Å². The van der Waals surface area contributed by atoms with Gasteiger partial charge in [0.05, 0.1) is 5.60 Å². The predicted octanol–water partition coefficient (Wildman–Crippen LogP) is 2.01. The third-order valence-corrected chi connectivity index (χ3v) is 2.71. The molecule has 0 aromatic carbocycles. The van der Waals surface area contributed by atoms with Crippen LogP contribution < -0.4 is 10.6 Å².